The lowest BCUT2D eigenvalue weighted by molar-refractivity contribution is 0.355. The Labute approximate surface area is 101 Å². The lowest BCUT2D eigenvalue weighted by Gasteiger charge is -2.22. The van der Waals surface area contributed by atoms with Gasteiger partial charge in [0, 0.05) is 6.54 Å². The molecule has 0 amide bonds. The summed E-state index contributed by atoms with van der Waals surface area (Å²) >= 11 is 5.67. The summed E-state index contributed by atoms with van der Waals surface area (Å²) in [4.78, 5) is 0. The van der Waals surface area contributed by atoms with Gasteiger partial charge in [0.1, 0.15) is 0 Å². The van der Waals surface area contributed by atoms with E-state index in [9.17, 15) is 0 Å². The van der Waals surface area contributed by atoms with Crippen LogP contribution in [0.2, 0.25) is 5.15 Å². The fourth-order valence-corrected chi connectivity index (χ4v) is 2.03. The Balaban J connectivity index is 1.69. The average Bonchev–Trinajstić information content (AvgIpc) is 2.33. The summed E-state index contributed by atoms with van der Waals surface area (Å²) in [6.45, 7) is 4.13. The zero-order valence-electron chi connectivity index (χ0n) is 9.25. The molecular formula is C11H17ClN4. The molecule has 5 heteroatoms. The van der Waals surface area contributed by atoms with E-state index in [1.54, 1.807) is 6.07 Å². The van der Waals surface area contributed by atoms with Gasteiger partial charge >= 0.3 is 0 Å². The Bertz CT molecular complexity index is 308. The number of aromatic nitrogens is 2. The van der Waals surface area contributed by atoms with Gasteiger partial charge in [-0.25, -0.2) is 0 Å². The third-order valence-electron chi connectivity index (χ3n) is 2.89. The zero-order valence-corrected chi connectivity index (χ0v) is 10.0. The summed E-state index contributed by atoms with van der Waals surface area (Å²) in [5.41, 5.74) is 0.943. The van der Waals surface area contributed by atoms with Crippen LogP contribution in [0.5, 0.6) is 0 Å². The molecule has 1 aliphatic rings. The van der Waals surface area contributed by atoms with Crippen molar-refractivity contribution in [3.05, 3.63) is 23.0 Å². The van der Waals surface area contributed by atoms with E-state index < -0.39 is 0 Å². The Kier molecular flexibility index (Phi) is 4.51. The van der Waals surface area contributed by atoms with Crippen LogP contribution in [0.25, 0.3) is 0 Å². The summed E-state index contributed by atoms with van der Waals surface area (Å²) in [6, 6.07) is 3.68. The first-order valence-corrected chi connectivity index (χ1v) is 6.12. The summed E-state index contributed by atoms with van der Waals surface area (Å²) in [6.07, 6.45) is 2.53. The molecule has 0 radical (unpaired) electrons. The van der Waals surface area contributed by atoms with Crippen molar-refractivity contribution in [2.24, 2.45) is 5.92 Å². The molecule has 2 rings (SSSR count). The van der Waals surface area contributed by atoms with E-state index in [2.05, 4.69) is 20.8 Å². The molecule has 1 aromatic heterocycles. The molecule has 1 saturated heterocycles. The van der Waals surface area contributed by atoms with Gasteiger partial charge in [-0.15, -0.1) is 5.10 Å². The molecule has 0 aromatic carbocycles. The van der Waals surface area contributed by atoms with E-state index >= 15 is 0 Å². The van der Waals surface area contributed by atoms with Gasteiger partial charge < -0.3 is 10.6 Å². The molecule has 0 unspecified atom stereocenters. The van der Waals surface area contributed by atoms with Crippen molar-refractivity contribution in [1.82, 2.24) is 20.8 Å². The van der Waals surface area contributed by atoms with Gasteiger partial charge in [0.15, 0.2) is 5.15 Å². The van der Waals surface area contributed by atoms with Crippen LogP contribution < -0.4 is 10.6 Å². The van der Waals surface area contributed by atoms with Crippen LogP contribution in [-0.2, 0) is 6.54 Å². The van der Waals surface area contributed by atoms with E-state index in [4.69, 9.17) is 11.6 Å². The molecule has 1 fully saturated rings. The third-order valence-corrected chi connectivity index (χ3v) is 3.09. The van der Waals surface area contributed by atoms with Crippen LogP contribution >= 0.6 is 11.6 Å². The van der Waals surface area contributed by atoms with Gasteiger partial charge in [-0.2, -0.15) is 5.10 Å². The van der Waals surface area contributed by atoms with E-state index in [0.29, 0.717) is 5.15 Å². The number of hydrogen-bond donors (Lipinski definition) is 2. The van der Waals surface area contributed by atoms with Crippen molar-refractivity contribution in [2.45, 2.75) is 19.4 Å². The Morgan fingerprint density at radius 1 is 1.31 bits per heavy atom. The molecule has 4 nitrogen and oxygen atoms in total. The topological polar surface area (TPSA) is 49.8 Å². The molecule has 1 aromatic rings. The number of halogens is 1. The first kappa shape index (κ1) is 11.8. The van der Waals surface area contributed by atoms with Crippen molar-refractivity contribution in [2.75, 3.05) is 19.6 Å². The van der Waals surface area contributed by atoms with E-state index in [1.165, 1.54) is 12.8 Å². The average molecular weight is 241 g/mol. The van der Waals surface area contributed by atoms with Crippen molar-refractivity contribution < 1.29 is 0 Å². The lowest BCUT2D eigenvalue weighted by atomic mass is 9.98. The van der Waals surface area contributed by atoms with E-state index in [1.807, 2.05) is 6.07 Å². The van der Waals surface area contributed by atoms with Gasteiger partial charge in [0.05, 0.1) is 5.69 Å². The number of piperidine rings is 1. The van der Waals surface area contributed by atoms with Crippen LogP contribution in [-0.4, -0.2) is 29.8 Å². The summed E-state index contributed by atoms with van der Waals surface area (Å²) in [5, 5.41) is 15.0. The molecule has 0 bridgehead atoms. The van der Waals surface area contributed by atoms with Crippen LogP contribution in [0.3, 0.4) is 0 Å². The van der Waals surface area contributed by atoms with E-state index in [-0.39, 0.29) is 0 Å². The minimum Gasteiger partial charge on any atom is -0.317 e. The fraction of sp³-hybridized carbons (Fsp3) is 0.636. The van der Waals surface area contributed by atoms with E-state index in [0.717, 1.165) is 37.8 Å². The van der Waals surface area contributed by atoms with Crippen LogP contribution in [0.4, 0.5) is 0 Å². The van der Waals surface area contributed by atoms with Crippen LogP contribution in [0, 0.1) is 5.92 Å². The quantitative estimate of drug-likeness (QED) is 0.831. The molecule has 0 aliphatic carbocycles. The van der Waals surface area contributed by atoms with Crippen molar-refractivity contribution >= 4 is 11.6 Å². The second kappa shape index (κ2) is 6.13. The standard InChI is InChI=1S/C11H17ClN4/c12-11-2-1-10(15-16-11)8-14-7-9-3-5-13-6-4-9/h1-2,9,13-14H,3-8H2. The molecule has 88 valence electrons. The first-order valence-electron chi connectivity index (χ1n) is 5.74. The van der Waals surface area contributed by atoms with Gasteiger partial charge in [-0.05, 0) is 50.5 Å². The molecule has 0 atom stereocenters. The normalized spacial score (nSPS) is 17.6. The number of nitrogens with zero attached hydrogens (tertiary/aromatic N) is 2. The lowest BCUT2D eigenvalue weighted by Crippen LogP contribution is -2.33. The Morgan fingerprint density at radius 2 is 2.12 bits per heavy atom. The minimum absolute atomic E-state index is 0.446. The zero-order chi connectivity index (χ0) is 11.2. The highest BCUT2D eigenvalue weighted by Gasteiger charge is 2.11. The third kappa shape index (κ3) is 3.70. The van der Waals surface area contributed by atoms with Gasteiger partial charge in [0.2, 0.25) is 0 Å². The molecule has 2 heterocycles. The monoisotopic (exact) mass is 240 g/mol. The number of nitrogens with one attached hydrogen (secondary N) is 2. The largest absolute Gasteiger partial charge is 0.317 e. The smallest absolute Gasteiger partial charge is 0.151 e. The maximum absolute atomic E-state index is 5.67. The highest BCUT2D eigenvalue weighted by atomic mass is 35.5. The first-order chi connectivity index (χ1) is 7.84. The van der Waals surface area contributed by atoms with Crippen molar-refractivity contribution in [1.29, 1.82) is 0 Å². The molecule has 0 saturated carbocycles. The van der Waals surface area contributed by atoms with Gasteiger partial charge in [-0.3, -0.25) is 0 Å². The van der Waals surface area contributed by atoms with Crippen LogP contribution in [0.15, 0.2) is 12.1 Å². The van der Waals surface area contributed by atoms with Gasteiger partial charge in [0.25, 0.3) is 0 Å². The highest BCUT2D eigenvalue weighted by Crippen LogP contribution is 2.10. The van der Waals surface area contributed by atoms with Crippen molar-refractivity contribution in [3.63, 3.8) is 0 Å². The molecule has 16 heavy (non-hydrogen) atoms. The summed E-state index contributed by atoms with van der Waals surface area (Å²) < 4.78 is 0. The minimum atomic E-state index is 0.446. The Hall–Kier alpha value is -0.710. The van der Waals surface area contributed by atoms with Crippen molar-refractivity contribution in [3.8, 4) is 0 Å². The highest BCUT2D eigenvalue weighted by molar-refractivity contribution is 6.29. The molecule has 2 N–H and O–H groups in total. The summed E-state index contributed by atoms with van der Waals surface area (Å²) in [5.74, 6) is 0.793. The number of hydrogen-bond acceptors (Lipinski definition) is 4. The Morgan fingerprint density at radius 3 is 2.81 bits per heavy atom. The second-order valence-electron chi connectivity index (χ2n) is 4.17. The predicted molar refractivity (Wildman–Crippen MR) is 64.3 cm³/mol. The predicted octanol–water partition coefficient (Wildman–Crippen LogP) is 1.22. The summed E-state index contributed by atoms with van der Waals surface area (Å²) in [7, 11) is 0. The molecule has 0 spiro atoms. The second-order valence-corrected chi connectivity index (χ2v) is 4.56. The SMILES string of the molecule is Clc1ccc(CNCC2CCNCC2)nn1. The maximum Gasteiger partial charge on any atom is 0.151 e. The molecule has 1 aliphatic heterocycles. The van der Waals surface area contributed by atoms with Gasteiger partial charge in [-0.1, -0.05) is 11.6 Å². The fourth-order valence-electron chi connectivity index (χ4n) is 1.93. The maximum atomic E-state index is 5.67. The molecular weight excluding hydrogens is 224 g/mol. The van der Waals surface area contributed by atoms with Crippen LogP contribution in [0.1, 0.15) is 18.5 Å². The number of rotatable bonds is 4.